The van der Waals surface area contributed by atoms with Gasteiger partial charge >= 0.3 is 7.60 Å². The van der Waals surface area contributed by atoms with Crippen molar-refractivity contribution < 1.29 is 18.3 Å². The average molecular weight is 646 g/mol. The van der Waals surface area contributed by atoms with Gasteiger partial charge in [-0.05, 0) is 19.8 Å². The fourth-order valence-corrected chi connectivity index (χ4v) is 8.19. The number of imidazole rings is 1. The number of ether oxygens (including phenoxy) is 1. The Morgan fingerprint density at radius 2 is 1.40 bits per heavy atom. The zero-order valence-electron chi connectivity index (χ0n) is 26.3. The third-order valence-electron chi connectivity index (χ3n) is 7.01. The Hall–Kier alpha value is -0.840. The Morgan fingerprint density at radius 1 is 0.810 bits per heavy atom. The van der Waals surface area contributed by atoms with Crippen LogP contribution in [0.25, 0.3) is 11.2 Å². The van der Waals surface area contributed by atoms with E-state index in [1.54, 1.807) is 17.1 Å². The summed E-state index contributed by atoms with van der Waals surface area (Å²) in [5, 5.41) is 0. The number of aromatic nitrogens is 4. The molecule has 0 aliphatic rings. The van der Waals surface area contributed by atoms with Crippen LogP contribution in [-0.4, -0.2) is 56.7 Å². The maximum absolute atomic E-state index is 13.3. The molecular formula is C30H56N5O4PS2. The molecular weight excluding hydrogens is 589 g/mol. The molecule has 42 heavy (non-hydrogen) atoms. The van der Waals surface area contributed by atoms with Gasteiger partial charge in [0.05, 0.1) is 32.2 Å². The lowest BCUT2D eigenvalue weighted by atomic mass is 10.0. The van der Waals surface area contributed by atoms with Crippen LogP contribution in [0, 0.1) is 0 Å². The molecule has 0 fully saturated rings. The summed E-state index contributed by atoms with van der Waals surface area (Å²) in [7, 11) is 0.306. The molecule has 2 aromatic rings. The summed E-state index contributed by atoms with van der Waals surface area (Å²) >= 11 is 0. The van der Waals surface area contributed by atoms with Gasteiger partial charge in [0.25, 0.3) is 0 Å². The van der Waals surface area contributed by atoms with Crippen molar-refractivity contribution >= 4 is 46.2 Å². The normalized spacial score (nSPS) is 14.0. The molecule has 0 aromatic carbocycles. The Bertz CT molecular complexity index is 1000. The zero-order valence-corrected chi connectivity index (χ0v) is 28.9. The van der Waals surface area contributed by atoms with Crippen LogP contribution in [0.5, 0.6) is 0 Å². The fourth-order valence-electron chi connectivity index (χ4n) is 4.61. The van der Waals surface area contributed by atoms with Gasteiger partial charge in [0, 0.05) is 11.5 Å². The molecule has 9 nitrogen and oxygen atoms in total. The lowest BCUT2D eigenvalue weighted by Gasteiger charge is -2.21. The van der Waals surface area contributed by atoms with E-state index in [0.29, 0.717) is 36.7 Å². The summed E-state index contributed by atoms with van der Waals surface area (Å²) < 4.78 is 32.4. The quantitative estimate of drug-likeness (QED) is 0.0545. The lowest BCUT2D eigenvalue weighted by Crippen LogP contribution is -2.18. The second kappa shape index (κ2) is 23.5. The monoisotopic (exact) mass is 645 g/mol. The number of nitrogen functional groups attached to an aromatic ring is 1. The minimum absolute atomic E-state index is 0.0885. The van der Waals surface area contributed by atoms with E-state index in [4.69, 9.17) is 19.5 Å². The maximum atomic E-state index is 13.3. The summed E-state index contributed by atoms with van der Waals surface area (Å²) in [6.45, 7) is 7.39. The number of nitrogens with two attached hydrogens (primary N) is 1. The molecule has 2 rings (SSSR count). The number of hydrogen-bond acceptors (Lipinski definition) is 10. The summed E-state index contributed by atoms with van der Waals surface area (Å²) in [6.07, 6.45) is 22.9. The number of anilines is 1. The van der Waals surface area contributed by atoms with Gasteiger partial charge in [0.1, 0.15) is 18.2 Å². The lowest BCUT2D eigenvalue weighted by molar-refractivity contribution is 0.0666. The van der Waals surface area contributed by atoms with Crippen molar-refractivity contribution in [2.75, 3.05) is 36.8 Å². The van der Waals surface area contributed by atoms with Crippen LogP contribution >= 0.6 is 29.2 Å². The van der Waals surface area contributed by atoms with Gasteiger partial charge in [-0.1, -0.05) is 119 Å². The SMILES string of the molecule is CCCCCCCCCCCCCCCCSSCCOP(=O)(CO[C@H](C)Cn1cnc2c(N)ncnc21)OCCC. The Morgan fingerprint density at radius 3 is 2.05 bits per heavy atom. The topological polar surface area (TPSA) is 114 Å². The largest absolute Gasteiger partial charge is 0.382 e. The first kappa shape index (κ1) is 37.3. The minimum Gasteiger partial charge on any atom is -0.382 e. The predicted octanol–water partition coefficient (Wildman–Crippen LogP) is 9.27. The van der Waals surface area contributed by atoms with Crippen LogP contribution in [0.3, 0.4) is 0 Å². The molecule has 0 radical (unpaired) electrons. The van der Waals surface area contributed by atoms with Crippen molar-refractivity contribution in [3.05, 3.63) is 12.7 Å². The number of fused-ring (bicyclic) bond motifs is 1. The van der Waals surface area contributed by atoms with Crippen molar-refractivity contribution in [3.8, 4) is 0 Å². The molecule has 0 bridgehead atoms. The van der Waals surface area contributed by atoms with E-state index in [1.165, 1.54) is 96.2 Å². The molecule has 1 unspecified atom stereocenters. The van der Waals surface area contributed by atoms with E-state index in [-0.39, 0.29) is 12.5 Å². The van der Waals surface area contributed by atoms with Crippen LogP contribution in [0.15, 0.2) is 12.7 Å². The van der Waals surface area contributed by atoms with E-state index in [9.17, 15) is 4.57 Å². The Balaban J connectivity index is 1.49. The highest BCUT2D eigenvalue weighted by Gasteiger charge is 2.26. The maximum Gasteiger partial charge on any atom is 0.356 e. The molecule has 0 amide bonds. The number of unbranched alkanes of at least 4 members (excludes halogenated alkanes) is 13. The van der Waals surface area contributed by atoms with E-state index in [1.807, 2.05) is 29.2 Å². The van der Waals surface area contributed by atoms with Gasteiger partial charge in [-0.3, -0.25) is 4.57 Å². The first-order chi connectivity index (χ1) is 20.5. The predicted molar refractivity (Wildman–Crippen MR) is 180 cm³/mol. The Kier molecular flexibility index (Phi) is 20.9. The minimum atomic E-state index is -3.34. The van der Waals surface area contributed by atoms with Gasteiger partial charge < -0.3 is 24.1 Å². The highest BCUT2D eigenvalue weighted by atomic mass is 33.1. The second-order valence-electron chi connectivity index (χ2n) is 11.0. The van der Waals surface area contributed by atoms with Gasteiger partial charge in [-0.2, -0.15) is 0 Å². The van der Waals surface area contributed by atoms with Crippen molar-refractivity contribution in [3.63, 3.8) is 0 Å². The molecule has 12 heteroatoms. The molecule has 0 spiro atoms. The molecule has 2 N–H and O–H groups in total. The molecule has 2 aromatic heterocycles. The average Bonchev–Trinajstić information content (AvgIpc) is 3.40. The van der Waals surface area contributed by atoms with Crippen LogP contribution in [-0.2, 0) is 24.9 Å². The summed E-state index contributed by atoms with van der Waals surface area (Å²) in [6, 6.07) is 0. The number of nitrogens with zero attached hydrogens (tertiary/aromatic N) is 4. The summed E-state index contributed by atoms with van der Waals surface area (Å²) in [4.78, 5) is 12.5. The third kappa shape index (κ3) is 16.3. The molecule has 0 saturated carbocycles. The van der Waals surface area contributed by atoms with Gasteiger partial charge in [0.15, 0.2) is 11.5 Å². The van der Waals surface area contributed by atoms with E-state index in [0.717, 1.165) is 17.9 Å². The number of hydrogen-bond donors (Lipinski definition) is 1. The van der Waals surface area contributed by atoms with Crippen LogP contribution in [0.1, 0.15) is 117 Å². The highest BCUT2D eigenvalue weighted by molar-refractivity contribution is 8.76. The number of rotatable bonds is 28. The molecule has 0 aliphatic heterocycles. The van der Waals surface area contributed by atoms with Crippen molar-refractivity contribution in [2.45, 2.75) is 130 Å². The summed E-state index contributed by atoms with van der Waals surface area (Å²) in [5.41, 5.74) is 7.07. The molecule has 2 atom stereocenters. The second-order valence-corrected chi connectivity index (χ2v) is 15.7. The van der Waals surface area contributed by atoms with Gasteiger partial charge in [0.2, 0.25) is 0 Å². The van der Waals surface area contributed by atoms with E-state index in [2.05, 4.69) is 21.9 Å². The zero-order chi connectivity index (χ0) is 30.3. The van der Waals surface area contributed by atoms with Crippen LogP contribution in [0.2, 0.25) is 0 Å². The van der Waals surface area contributed by atoms with Gasteiger partial charge in [-0.15, -0.1) is 0 Å². The van der Waals surface area contributed by atoms with Crippen molar-refractivity contribution in [1.82, 2.24) is 19.5 Å². The van der Waals surface area contributed by atoms with Crippen molar-refractivity contribution in [2.24, 2.45) is 0 Å². The molecule has 2 heterocycles. The standard InChI is InChI=1S/C30H56N5O4PS2/c1-4-6-7-8-9-10-11-12-13-14-15-16-17-18-21-41-42-22-20-39-40(36,38-19-5-2)26-37-27(3)23-35-25-34-28-29(31)32-24-33-30(28)35/h24-25,27H,4-23,26H2,1-3H3,(H2,31,32,33)/t27-,40?/m1/s1. The first-order valence-corrected chi connectivity index (χ1v) is 20.4. The summed E-state index contributed by atoms with van der Waals surface area (Å²) in [5.74, 6) is 2.25. The van der Waals surface area contributed by atoms with Crippen molar-refractivity contribution in [1.29, 1.82) is 0 Å². The van der Waals surface area contributed by atoms with Gasteiger partial charge in [-0.25, -0.2) is 15.0 Å². The first-order valence-electron chi connectivity index (χ1n) is 16.1. The third-order valence-corrected chi connectivity index (χ3v) is 11.1. The van der Waals surface area contributed by atoms with Crippen LogP contribution < -0.4 is 5.73 Å². The van der Waals surface area contributed by atoms with Crippen LogP contribution in [0.4, 0.5) is 5.82 Å². The smallest absolute Gasteiger partial charge is 0.356 e. The molecule has 242 valence electrons. The molecule has 0 aliphatic carbocycles. The fraction of sp³-hybridized carbons (Fsp3) is 0.833. The molecule has 0 saturated heterocycles. The van der Waals surface area contributed by atoms with E-state index < -0.39 is 7.60 Å². The highest BCUT2D eigenvalue weighted by Crippen LogP contribution is 2.48. The van der Waals surface area contributed by atoms with E-state index >= 15 is 0 Å². The Labute approximate surface area is 262 Å².